The van der Waals surface area contributed by atoms with Gasteiger partial charge in [0.05, 0.1) is 18.8 Å². The molecule has 92 valence electrons. The molecule has 16 heavy (non-hydrogen) atoms. The number of rotatable bonds is 5. The number of halogens is 3. The van der Waals surface area contributed by atoms with Crippen LogP contribution in [0.2, 0.25) is 0 Å². The van der Waals surface area contributed by atoms with Crippen molar-refractivity contribution in [2.24, 2.45) is 0 Å². The maximum atomic E-state index is 11.6. The maximum Gasteiger partial charge on any atom is 0.522 e. The summed E-state index contributed by atoms with van der Waals surface area (Å²) in [6.45, 7) is 3.13. The van der Waals surface area contributed by atoms with Crippen LogP contribution in [-0.2, 0) is 4.74 Å². The van der Waals surface area contributed by atoms with Gasteiger partial charge in [0.25, 0.3) is 0 Å². The van der Waals surface area contributed by atoms with E-state index in [4.69, 9.17) is 4.42 Å². The Morgan fingerprint density at radius 2 is 2.25 bits per heavy atom. The number of hydrogen-bond acceptors (Lipinski definition) is 4. The van der Waals surface area contributed by atoms with E-state index in [0.717, 1.165) is 0 Å². The molecule has 0 bridgehead atoms. The standard InChI is InChI=1S/C9H13F3N2O2/c1-6-5-14-8(16-6)7(2)13-3-4-15-9(10,11)12/h5,7,13H,3-4H2,1-2H3. The van der Waals surface area contributed by atoms with E-state index in [-0.39, 0.29) is 12.6 Å². The first kappa shape index (κ1) is 13.0. The molecule has 1 heterocycles. The van der Waals surface area contributed by atoms with Crippen LogP contribution in [0, 0.1) is 6.92 Å². The van der Waals surface area contributed by atoms with Crippen LogP contribution in [-0.4, -0.2) is 24.5 Å². The molecule has 0 aliphatic carbocycles. The average molecular weight is 238 g/mol. The van der Waals surface area contributed by atoms with Gasteiger partial charge in [0.15, 0.2) is 0 Å². The minimum Gasteiger partial charge on any atom is -0.444 e. The number of aryl methyl sites for hydroxylation is 1. The monoisotopic (exact) mass is 238 g/mol. The summed E-state index contributed by atoms with van der Waals surface area (Å²) in [5.41, 5.74) is 0. The molecule has 0 aliphatic rings. The zero-order valence-corrected chi connectivity index (χ0v) is 8.97. The van der Waals surface area contributed by atoms with Crippen LogP contribution in [0.5, 0.6) is 0 Å². The summed E-state index contributed by atoms with van der Waals surface area (Å²) in [6, 6.07) is -0.245. The summed E-state index contributed by atoms with van der Waals surface area (Å²) in [7, 11) is 0. The van der Waals surface area contributed by atoms with E-state index < -0.39 is 13.0 Å². The van der Waals surface area contributed by atoms with Crippen LogP contribution in [0.15, 0.2) is 10.6 Å². The first-order valence-corrected chi connectivity index (χ1v) is 4.75. The topological polar surface area (TPSA) is 47.3 Å². The van der Waals surface area contributed by atoms with E-state index in [1.807, 2.05) is 0 Å². The number of oxazole rings is 1. The van der Waals surface area contributed by atoms with Crippen molar-refractivity contribution >= 4 is 0 Å². The van der Waals surface area contributed by atoms with Crippen molar-refractivity contribution in [3.05, 3.63) is 17.8 Å². The highest BCUT2D eigenvalue weighted by molar-refractivity contribution is 4.94. The Morgan fingerprint density at radius 3 is 2.75 bits per heavy atom. The van der Waals surface area contributed by atoms with Crippen LogP contribution >= 0.6 is 0 Å². The molecule has 1 aromatic rings. The van der Waals surface area contributed by atoms with Gasteiger partial charge in [-0.15, -0.1) is 13.2 Å². The normalized spacial score (nSPS) is 14.1. The lowest BCUT2D eigenvalue weighted by molar-refractivity contribution is -0.323. The Balaban J connectivity index is 2.23. The molecule has 4 nitrogen and oxygen atoms in total. The van der Waals surface area contributed by atoms with Gasteiger partial charge in [0.1, 0.15) is 5.76 Å². The molecular weight excluding hydrogens is 225 g/mol. The minimum absolute atomic E-state index is 0.0715. The fraction of sp³-hybridized carbons (Fsp3) is 0.667. The summed E-state index contributed by atoms with van der Waals surface area (Å²) in [4.78, 5) is 3.95. The highest BCUT2D eigenvalue weighted by Gasteiger charge is 2.28. The molecule has 0 saturated heterocycles. The van der Waals surface area contributed by atoms with E-state index in [1.54, 1.807) is 20.0 Å². The SMILES string of the molecule is Cc1cnc(C(C)NCCOC(F)(F)F)o1. The lowest BCUT2D eigenvalue weighted by atomic mass is 10.3. The number of hydrogen-bond donors (Lipinski definition) is 1. The number of ether oxygens (including phenoxy) is 1. The summed E-state index contributed by atoms with van der Waals surface area (Å²) >= 11 is 0. The zero-order chi connectivity index (χ0) is 12.2. The van der Waals surface area contributed by atoms with Crippen molar-refractivity contribution in [3.8, 4) is 0 Å². The molecule has 0 radical (unpaired) electrons. The predicted octanol–water partition coefficient (Wildman–Crippen LogP) is 2.17. The van der Waals surface area contributed by atoms with Gasteiger partial charge in [0, 0.05) is 6.54 Å². The third kappa shape index (κ3) is 4.63. The lowest BCUT2D eigenvalue weighted by Crippen LogP contribution is -2.26. The molecule has 0 aliphatic heterocycles. The van der Waals surface area contributed by atoms with Crippen molar-refractivity contribution in [2.75, 3.05) is 13.2 Å². The summed E-state index contributed by atoms with van der Waals surface area (Å²) in [5.74, 6) is 1.11. The molecule has 1 unspecified atom stereocenters. The summed E-state index contributed by atoms with van der Waals surface area (Å²) < 4.78 is 43.7. The van der Waals surface area contributed by atoms with E-state index in [1.165, 1.54) is 0 Å². The van der Waals surface area contributed by atoms with Crippen LogP contribution in [0.4, 0.5) is 13.2 Å². The van der Waals surface area contributed by atoms with Crippen molar-refractivity contribution in [1.29, 1.82) is 0 Å². The van der Waals surface area contributed by atoms with E-state index in [0.29, 0.717) is 11.7 Å². The van der Waals surface area contributed by atoms with Crippen LogP contribution in [0.1, 0.15) is 24.6 Å². The van der Waals surface area contributed by atoms with Gasteiger partial charge in [-0.1, -0.05) is 0 Å². The van der Waals surface area contributed by atoms with Crippen molar-refractivity contribution in [3.63, 3.8) is 0 Å². The summed E-state index contributed by atoms with van der Waals surface area (Å²) in [6.07, 6.45) is -3.02. The molecule has 1 aromatic heterocycles. The predicted molar refractivity (Wildman–Crippen MR) is 49.7 cm³/mol. The minimum atomic E-state index is -4.58. The highest BCUT2D eigenvalue weighted by atomic mass is 19.4. The zero-order valence-electron chi connectivity index (χ0n) is 8.97. The Labute approximate surface area is 90.8 Å². The van der Waals surface area contributed by atoms with Crippen molar-refractivity contribution < 1.29 is 22.3 Å². The van der Waals surface area contributed by atoms with E-state index >= 15 is 0 Å². The van der Waals surface area contributed by atoms with Crippen molar-refractivity contribution in [1.82, 2.24) is 10.3 Å². The molecule has 0 saturated carbocycles. The van der Waals surface area contributed by atoms with Crippen LogP contribution in [0.25, 0.3) is 0 Å². The molecule has 1 N–H and O–H groups in total. The third-order valence-corrected chi connectivity index (χ3v) is 1.83. The maximum absolute atomic E-state index is 11.6. The molecule has 7 heteroatoms. The molecule has 1 atom stereocenters. The molecule has 0 spiro atoms. The van der Waals surface area contributed by atoms with Gasteiger partial charge >= 0.3 is 6.36 Å². The van der Waals surface area contributed by atoms with Gasteiger partial charge in [0.2, 0.25) is 5.89 Å². The van der Waals surface area contributed by atoms with Gasteiger partial charge in [-0.3, -0.25) is 4.74 Å². The Hall–Kier alpha value is -1.08. The largest absolute Gasteiger partial charge is 0.522 e. The van der Waals surface area contributed by atoms with Gasteiger partial charge in [-0.25, -0.2) is 4.98 Å². The quantitative estimate of drug-likeness (QED) is 0.798. The molecule has 0 amide bonds. The van der Waals surface area contributed by atoms with Gasteiger partial charge in [-0.05, 0) is 13.8 Å². The second-order valence-corrected chi connectivity index (χ2v) is 3.28. The smallest absolute Gasteiger partial charge is 0.444 e. The Morgan fingerprint density at radius 1 is 1.56 bits per heavy atom. The fourth-order valence-electron chi connectivity index (χ4n) is 1.10. The Bertz CT molecular complexity index is 325. The number of nitrogens with zero attached hydrogens (tertiary/aromatic N) is 1. The second kappa shape index (κ2) is 5.31. The van der Waals surface area contributed by atoms with E-state index in [2.05, 4.69) is 15.0 Å². The first-order valence-electron chi connectivity index (χ1n) is 4.75. The molecule has 0 aromatic carbocycles. The summed E-state index contributed by atoms with van der Waals surface area (Å²) in [5, 5.41) is 2.80. The van der Waals surface area contributed by atoms with Gasteiger partial charge < -0.3 is 9.73 Å². The van der Waals surface area contributed by atoms with Crippen LogP contribution < -0.4 is 5.32 Å². The molecule has 0 fully saturated rings. The van der Waals surface area contributed by atoms with E-state index in [9.17, 15) is 13.2 Å². The van der Waals surface area contributed by atoms with Gasteiger partial charge in [-0.2, -0.15) is 0 Å². The second-order valence-electron chi connectivity index (χ2n) is 3.28. The number of nitrogens with one attached hydrogen (secondary N) is 1. The Kier molecular flexibility index (Phi) is 4.31. The van der Waals surface area contributed by atoms with Crippen LogP contribution in [0.3, 0.4) is 0 Å². The third-order valence-electron chi connectivity index (χ3n) is 1.83. The molecule has 1 rings (SSSR count). The average Bonchev–Trinajstić information content (AvgIpc) is 2.57. The number of alkyl halides is 3. The lowest BCUT2D eigenvalue weighted by Gasteiger charge is -2.11. The fourth-order valence-corrected chi connectivity index (χ4v) is 1.10. The highest BCUT2D eigenvalue weighted by Crippen LogP contribution is 2.15. The molecular formula is C9H13F3N2O2. The first-order chi connectivity index (χ1) is 7.38. The number of aromatic nitrogens is 1. The van der Waals surface area contributed by atoms with Crippen molar-refractivity contribution in [2.45, 2.75) is 26.3 Å².